The number of nitrogens with zero attached hydrogens (tertiary/aromatic N) is 2. The summed E-state index contributed by atoms with van der Waals surface area (Å²) in [4.78, 5) is 4.06. The van der Waals surface area contributed by atoms with E-state index < -0.39 is 6.67 Å². The highest BCUT2D eigenvalue weighted by atomic mass is 19.1. The van der Waals surface area contributed by atoms with Crippen molar-refractivity contribution in [2.75, 3.05) is 18.5 Å². The van der Waals surface area contributed by atoms with Gasteiger partial charge in [0.15, 0.2) is 0 Å². The fourth-order valence-electron chi connectivity index (χ4n) is 0.759. The monoisotopic (exact) mass is 187 g/mol. The highest BCUT2D eigenvalue weighted by Gasteiger charge is 2.21. The summed E-state index contributed by atoms with van der Waals surface area (Å²) in [5.74, 6) is 0.899. The van der Waals surface area contributed by atoms with Crippen LogP contribution in [0.2, 0.25) is 0 Å². The molecule has 4 nitrogen and oxygen atoms in total. The Hall–Kier alpha value is -1.13. The quantitative estimate of drug-likeness (QED) is 0.783. The van der Waals surface area contributed by atoms with Gasteiger partial charge in [-0.2, -0.15) is 4.98 Å². The summed E-state index contributed by atoms with van der Waals surface area (Å²) in [6.07, 6.45) is 0. The highest BCUT2D eigenvalue weighted by molar-refractivity contribution is 5.22. The molecule has 13 heavy (non-hydrogen) atoms. The van der Waals surface area contributed by atoms with E-state index in [2.05, 4.69) is 15.5 Å². The van der Waals surface area contributed by atoms with Crippen LogP contribution in [0.4, 0.5) is 10.3 Å². The standard InChI is InChI=1S/C8H14FN3O/c1-8(2,3)6-11-7(12-13-6)10-5-4-9/h4-5H2,1-3H3,(H,10,12). The van der Waals surface area contributed by atoms with Gasteiger partial charge in [-0.3, -0.25) is 0 Å². The first-order valence-corrected chi connectivity index (χ1v) is 4.18. The second-order valence-electron chi connectivity index (χ2n) is 3.79. The van der Waals surface area contributed by atoms with Crippen molar-refractivity contribution in [2.24, 2.45) is 0 Å². The van der Waals surface area contributed by atoms with E-state index in [4.69, 9.17) is 4.52 Å². The van der Waals surface area contributed by atoms with Gasteiger partial charge < -0.3 is 9.84 Å². The molecule has 1 rings (SSSR count). The van der Waals surface area contributed by atoms with Gasteiger partial charge in [0.1, 0.15) is 6.67 Å². The van der Waals surface area contributed by atoms with Gasteiger partial charge in [0.25, 0.3) is 5.95 Å². The summed E-state index contributed by atoms with van der Waals surface area (Å²) in [6, 6.07) is 0. The van der Waals surface area contributed by atoms with Gasteiger partial charge in [0, 0.05) is 12.0 Å². The molecule has 0 radical (unpaired) electrons. The molecule has 0 bridgehead atoms. The Morgan fingerprint density at radius 2 is 2.15 bits per heavy atom. The van der Waals surface area contributed by atoms with E-state index in [1.807, 2.05) is 20.8 Å². The zero-order valence-electron chi connectivity index (χ0n) is 8.09. The van der Waals surface area contributed by atoms with Crippen LogP contribution in [0.1, 0.15) is 26.7 Å². The maximum absolute atomic E-state index is 11.8. The zero-order valence-corrected chi connectivity index (χ0v) is 8.09. The Morgan fingerprint density at radius 3 is 2.62 bits per heavy atom. The number of aromatic nitrogens is 2. The maximum Gasteiger partial charge on any atom is 0.263 e. The predicted molar refractivity (Wildman–Crippen MR) is 47.5 cm³/mol. The van der Waals surface area contributed by atoms with E-state index in [9.17, 15) is 4.39 Å². The molecule has 0 saturated heterocycles. The lowest BCUT2D eigenvalue weighted by Gasteiger charge is -2.10. The van der Waals surface area contributed by atoms with E-state index in [-0.39, 0.29) is 12.0 Å². The minimum Gasteiger partial charge on any atom is -0.349 e. The van der Waals surface area contributed by atoms with Crippen LogP contribution in [0.3, 0.4) is 0 Å². The Labute approximate surface area is 76.5 Å². The van der Waals surface area contributed by atoms with Crippen molar-refractivity contribution in [3.63, 3.8) is 0 Å². The third-order valence-electron chi connectivity index (χ3n) is 1.45. The molecule has 0 amide bonds. The zero-order chi connectivity index (χ0) is 9.90. The molecule has 0 aliphatic heterocycles. The summed E-state index contributed by atoms with van der Waals surface area (Å²) in [5, 5.41) is 6.35. The first-order chi connectivity index (χ1) is 6.04. The van der Waals surface area contributed by atoms with Gasteiger partial charge in [-0.1, -0.05) is 20.8 Å². The molecule has 1 aromatic heterocycles. The Morgan fingerprint density at radius 1 is 1.46 bits per heavy atom. The number of rotatable bonds is 3. The summed E-state index contributed by atoms with van der Waals surface area (Å²) in [6.45, 7) is 5.68. The molecule has 0 fully saturated rings. The molecular weight excluding hydrogens is 173 g/mol. The molecular formula is C8H14FN3O. The van der Waals surface area contributed by atoms with Crippen LogP contribution in [0.5, 0.6) is 0 Å². The molecule has 5 heteroatoms. The molecule has 0 saturated carbocycles. The second kappa shape index (κ2) is 3.72. The van der Waals surface area contributed by atoms with Crippen LogP contribution < -0.4 is 5.32 Å². The third kappa shape index (κ3) is 2.68. The lowest BCUT2D eigenvalue weighted by atomic mass is 9.97. The van der Waals surface area contributed by atoms with Gasteiger partial charge in [-0.25, -0.2) is 4.39 Å². The molecule has 0 aromatic carbocycles. The molecule has 0 unspecified atom stereocenters. The number of anilines is 1. The summed E-state index contributed by atoms with van der Waals surface area (Å²) < 4.78 is 16.8. The summed E-state index contributed by atoms with van der Waals surface area (Å²) >= 11 is 0. The first-order valence-electron chi connectivity index (χ1n) is 4.18. The predicted octanol–water partition coefficient (Wildman–Crippen LogP) is 1.75. The SMILES string of the molecule is CC(C)(C)c1nc(NCCF)no1. The van der Waals surface area contributed by atoms with Crippen molar-refractivity contribution in [3.8, 4) is 0 Å². The average Bonchev–Trinajstić information content (AvgIpc) is 2.47. The van der Waals surface area contributed by atoms with Crippen LogP contribution in [0.25, 0.3) is 0 Å². The van der Waals surface area contributed by atoms with E-state index in [1.165, 1.54) is 0 Å². The van der Waals surface area contributed by atoms with Gasteiger partial charge >= 0.3 is 0 Å². The molecule has 74 valence electrons. The number of nitrogens with one attached hydrogen (secondary N) is 1. The number of alkyl halides is 1. The first kappa shape index (κ1) is 9.95. The van der Waals surface area contributed by atoms with E-state index in [0.717, 1.165) is 0 Å². The number of hydrogen-bond acceptors (Lipinski definition) is 4. The molecule has 0 spiro atoms. The van der Waals surface area contributed by atoms with Crippen molar-refractivity contribution in [1.82, 2.24) is 10.1 Å². The van der Waals surface area contributed by atoms with Crippen molar-refractivity contribution in [3.05, 3.63) is 5.89 Å². The molecule has 0 aliphatic carbocycles. The average molecular weight is 187 g/mol. The van der Waals surface area contributed by atoms with Crippen molar-refractivity contribution in [2.45, 2.75) is 26.2 Å². The minimum atomic E-state index is -0.445. The molecule has 0 atom stereocenters. The van der Waals surface area contributed by atoms with E-state index in [1.54, 1.807) is 0 Å². The summed E-state index contributed by atoms with van der Waals surface area (Å²) in [7, 11) is 0. The summed E-state index contributed by atoms with van der Waals surface area (Å²) in [5.41, 5.74) is -0.164. The topological polar surface area (TPSA) is 51.0 Å². The fourth-order valence-corrected chi connectivity index (χ4v) is 0.759. The smallest absolute Gasteiger partial charge is 0.263 e. The Bertz CT molecular complexity index is 267. The second-order valence-corrected chi connectivity index (χ2v) is 3.79. The number of hydrogen-bond donors (Lipinski definition) is 1. The maximum atomic E-state index is 11.8. The van der Waals surface area contributed by atoms with Crippen LogP contribution in [-0.4, -0.2) is 23.4 Å². The highest BCUT2D eigenvalue weighted by Crippen LogP contribution is 2.20. The molecule has 1 N–H and O–H groups in total. The van der Waals surface area contributed by atoms with E-state index >= 15 is 0 Å². The lowest BCUT2D eigenvalue weighted by molar-refractivity contribution is 0.321. The van der Waals surface area contributed by atoms with Crippen LogP contribution >= 0.6 is 0 Å². The van der Waals surface area contributed by atoms with Crippen LogP contribution in [0, 0.1) is 0 Å². The van der Waals surface area contributed by atoms with Crippen LogP contribution in [0.15, 0.2) is 4.52 Å². The van der Waals surface area contributed by atoms with E-state index in [0.29, 0.717) is 11.8 Å². The van der Waals surface area contributed by atoms with Crippen LogP contribution in [-0.2, 0) is 5.41 Å². The van der Waals surface area contributed by atoms with Crippen molar-refractivity contribution < 1.29 is 8.91 Å². The Balaban J connectivity index is 2.64. The normalized spacial score (nSPS) is 11.7. The molecule has 1 aromatic rings. The van der Waals surface area contributed by atoms with Crippen molar-refractivity contribution >= 4 is 5.95 Å². The largest absolute Gasteiger partial charge is 0.349 e. The van der Waals surface area contributed by atoms with Crippen molar-refractivity contribution in [1.29, 1.82) is 0 Å². The molecule has 1 heterocycles. The molecule has 0 aliphatic rings. The third-order valence-corrected chi connectivity index (χ3v) is 1.45. The fraction of sp³-hybridized carbons (Fsp3) is 0.750. The van der Waals surface area contributed by atoms with Gasteiger partial charge in [0.2, 0.25) is 5.89 Å². The lowest BCUT2D eigenvalue weighted by Crippen LogP contribution is -2.12. The van der Waals surface area contributed by atoms with Gasteiger partial charge in [-0.15, -0.1) is 0 Å². The van der Waals surface area contributed by atoms with Gasteiger partial charge in [-0.05, 0) is 5.16 Å². The van der Waals surface area contributed by atoms with Gasteiger partial charge in [0.05, 0.1) is 0 Å². The Kier molecular flexibility index (Phi) is 2.85. The minimum absolute atomic E-state index is 0.164. The number of halogens is 1.